The summed E-state index contributed by atoms with van der Waals surface area (Å²) < 4.78 is 0. The first-order valence-corrected chi connectivity index (χ1v) is 7.72. The Morgan fingerprint density at radius 3 is 3.11 bits per heavy atom. The van der Waals surface area contributed by atoms with Gasteiger partial charge in [0.25, 0.3) is 0 Å². The summed E-state index contributed by atoms with van der Waals surface area (Å²) in [5.74, 6) is 2.04. The summed E-state index contributed by atoms with van der Waals surface area (Å²) in [4.78, 5) is 11.6. The maximum atomic E-state index is 4.46. The van der Waals surface area contributed by atoms with Crippen molar-refractivity contribution in [1.82, 2.24) is 9.97 Å². The van der Waals surface area contributed by atoms with Crippen molar-refractivity contribution in [3.05, 3.63) is 16.8 Å². The van der Waals surface area contributed by atoms with Gasteiger partial charge < -0.3 is 5.32 Å². The van der Waals surface area contributed by atoms with Crippen LogP contribution in [-0.4, -0.2) is 16.5 Å². The summed E-state index contributed by atoms with van der Waals surface area (Å²) >= 11 is 1.86. The molecular weight excluding hydrogens is 242 g/mol. The van der Waals surface area contributed by atoms with E-state index in [1.54, 1.807) is 6.33 Å². The van der Waals surface area contributed by atoms with E-state index < -0.39 is 0 Å². The van der Waals surface area contributed by atoms with Crippen molar-refractivity contribution in [2.75, 3.05) is 11.9 Å². The number of rotatable bonds is 4. The number of anilines is 1. The molecule has 0 spiro atoms. The molecule has 0 saturated heterocycles. The molecule has 2 heterocycles. The van der Waals surface area contributed by atoms with Gasteiger partial charge in [-0.2, -0.15) is 0 Å². The molecule has 0 amide bonds. The highest BCUT2D eigenvalue weighted by atomic mass is 32.1. The van der Waals surface area contributed by atoms with E-state index in [4.69, 9.17) is 0 Å². The van der Waals surface area contributed by atoms with Crippen molar-refractivity contribution in [2.45, 2.75) is 38.5 Å². The lowest BCUT2D eigenvalue weighted by Gasteiger charge is -2.06. The van der Waals surface area contributed by atoms with Crippen LogP contribution in [0.1, 0.15) is 36.1 Å². The lowest BCUT2D eigenvalue weighted by atomic mass is 10.2. The first-order chi connectivity index (χ1) is 8.92. The predicted octanol–water partition coefficient (Wildman–Crippen LogP) is 3.39. The molecule has 0 unspecified atom stereocenters. The molecule has 4 heteroatoms. The summed E-state index contributed by atoms with van der Waals surface area (Å²) in [5, 5.41) is 4.84. The summed E-state index contributed by atoms with van der Waals surface area (Å²) in [5.41, 5.74) is 1.52. The number of thiophene rings is 1. The highest BCUT2D eigenvalue weighted by Crippen LogP contribution is 2.39. The third-order valence-corrected chi connectivity index (χ3v) is 5.24. The highest BCUT2D eigenvalue weighted by molar-refractivity contribution is 7.19. The van der Waals surface area contributed by atoms with Crippen LogP contribution < -0.4 is 5.32 Å². The molecule has 3 nitrogen and oxygen atoms in total. The zero-order valence-corrected chi connectivity index (χ0v) is 11.2. The fourth-order valence-corrected chi connectivity index (χ4v) is 4.09. The van der Waals surface area contributed by atoms with Crippen LogP contribution in [0.3, 0.4) is 0 Å². The van der Waals surface area contributed by atoms with Crippen molar-refractivity contribution in [1.29, 1.82) is 0 Å². The molecule has 2 aromatic heterocycles. The predicted molar refractivity (Wildman–Crippen MR) is 75.3 cm³/mol. The summed E-state index contributed by atoms with van der Waals surface area (Å²) in [6, 6.07) is 0. The van der Waals surface area contributed by atoms with Crippen LogP contribution in [0, 0.1) is 5.92 Å². The third-order valence-electron chi connectivity index (χ3n) is 4.04. The number of aromatic nitrogens is 2. The average Bonchev–Trinajstić information content (AvgIpc) is 2.96. The lowest BCUT2D eigenvalue weighted by Crippen LogP contribution is -2.05. The van der Waals surface area contributed by atoms with Gasteiger partial charge in [0, 0.05) is 11.4 Å². The minimum Gasteiger partial charge on any atom is -0.369 e. The molecule has 0 bridgehead atoms. The van der Waals surface area contributed by atoms with Gasteiger partial charge in [0.05, 0.1) is 5.39 Å². The van der Waals surface area contributed by atoms with Crippen molar-refractivity contribution in [3.8, 4) is 0 Å². The molecule has 0 aliphatic heterocycles. The first kappa shape index (κ1) is 10.7. The normalized spacial score (nSPS) is 18.2. The molecule has 1 N–H and O–H groups in total. The fraction of sp³-hybridized carbons (Fsp3) is 0.571. The topological polar surface area (TPSA) is 37.8 Å². The van der Waals surface area contributed by atoms with Gasteiger partial charge in [0.1, 0.15) is 17.0 Å². The molecule has 94 valence electrons. The van der Waals surface area contributed by atoms with E-state index >= 15 is 0 Å². The Hall–Kier alpha value is -1.16. The van der Waals surface area contributed by atoms with Crippen LogP contribution in [0.4, 0.5) is 5.82 Å². The maximum absolute atomic E-state index is 4.46. The van der Waals surface area contributed by atoms with Crippen LogP contribution in [0.25, 0.3) is 10.2 Å². The third kappa shape index (κ3) is 1.79. The Kier molecular flexibility index (Phi) is 2.50. The second kappa shape index (κ2) is 4.19. The number of fused-ring (bicyclic) bond motifs is 3. The van der Waals surface area contributed by atoms with Gasteiger partial charge in [-0.1, -0.05) is 12.8 Å². The fourth-order valence-electron chi connectivity index (χ4n) is 2.86. The molecule has 1 fully saturated rings. The van der Waals surface area contributed by atoms with Crippen LogP contribution in [0.2, 0.25) is 0 Å². The largest absolute Gasteiger partial charge is 0.369 e. The Labute approximate surface area is 111 Å². The number of nitrogens with one attached hydrogen (secondary N) is 1. The minimum atomic E-state index is 0.975. The standard InChI is InChI=1S/C14H17N3S/c1-2-10-11(3-1)18-14-12(10)13(16-8-17-14)15-7-6-9-4-5-9/h8-9H,1-7H2,(H,15,16,17). The van der Waals surface area contributed by atoms with Crippen LogP contribution in [0.15, 0.2) is 6.33 Å². The van der Waals surface area contributed by atoms with Gasteiger partial charge in [-0.25, -0.2) is 9.97 Å². The first-order valence-electron chi connectivity index (χ1n) is 6.91. The van der Waals surface area contributed by atoms with Gasteiger partial charge in [0.15, 0.2) is 0 Å². The van der Waals surface area contributed by atoms with E-state index in [1.165, 1.54) is 59.2 Å². The smallest absolute Gasteiger partial charge is 0.138 e. The lowest BCUT2D eigenvalue weighted by molar-refractivity contribution is 0.759. The molecule has 2 aliphatic carbocycles. The molecule has 2 aromatic rings. The second-order valence-electron chi connectivity index (χ2n) is 5.42. The number of nitrogens with zero attached hydrogens (tertiary/aromatic N) is 2. The Morgan fingerprint density at radius 1 is 1.28 bits per heavy atom. The summed E-state index contributed by atoms with van der Waals surface area (Å²) in [6.45, 7) is 1.06. The number of aryl methyl sites for hydroxylation is 2. The Bertz CT molecular complexity index is 586. The average molecular weight is 259 g/mol. The number of hydrogen-bond acceptors (Lipinski definition) is 4. The molecule has 0 atom stereocenters. The van der Waals surface area contributed by atoms with Crippen molar-refractivity contribution < 1.29 is 0 Å². The molecule has 1 saturated carbocycles. The zero-order valence-electron chi connectivity index (χ0n) is 10.4. The maximum Gasteiger partial charge on any atom is 0.138 e. The van der Waals surface area contributed by atoms with E-state index in [0.717, 1.165) is 18.3 Å². The van der Waals surface area contributed by atoms with Gasteiger partial charge in [0.2, 0.25) is 0 Å². The van der Waals surface area contributed by atoms with E-state index in [1.807, 2.05) is 11.3 Å². The minimum absolute atomic E-state index is 0.975. The highest BCUT2D eigenvalue weighted by Gasteiger charge is 2.22. The molecule has 18 heavy (non-hydrogen) atoms. The summed E-state index contributed by atoms with van der Waals surface area (Å²) in [7, 11) is 0. The van der Waals surface area contributed by atoms with Crippen LogP contribution in [0.5, 0.6) is 0 Å². The Morgan fingerprint density at radius 2 is 2.22 bits per heavy atom. The van der Waals surface area contributed by atoms with Gasteiger partial charge in [-0.15, -0.1) is 11.3 Å². The number of hydrogen-bond donors (Lipinski definition) is 1. The molecule has 0 radical (unpaired) electrons. The molecular formula is C14H17N3S. The quantitative estimate of drug-likeness (QED) is 0.914. The van der Waals surface area contributed by atoms with Crippen molar-refractivity contribution in [3.63, 3.8) is 0 Å². The van der Waals surface area contributed by atoms with Crippen molar-refractivity contribution in [2.24, 2.45) is 5.92 Å². The van der Waals surface area contributed by atoms with E-state index in [9.17, 15) is 0 Å². The van der Waals surface area contributed by atoms with Crippen LogP contribution in [-0.2, 0) is 12.8 Å². The molecule has 0 aromatic carbocycles. The van der Waals surface area contributed by atoms with Crippen molar-refractivity contribution >= 4 is 27.4 Å². The monoisotopic (exact) mass is 259 g/mol. The second-order valence-corrected chi connectivity index (χ2v) is 6.50. The van der Waals surface area contributed by atoms with Gasteiger partial charge >= 0.3 is 0 Å². The van der Waals surface area contributed by atoms with E-state index in [2.05, 4.69) is 15.3 Å². The molecule has 4 rings (SSSR count). The zero-order chi connectivity index (χ0) is 11.9. The van der Waals surface area contributed by atoms with Crippen LogP contribution >= 0.6 is 11.3 Å². The summed E-state index contributed by atoms with van der Waals surface area (Å²) in [6.07, 6.45) is 9.58. The molecule has 2 aliphatic rings. The SMILES string of the molecule is c1nc(NCCC2CC2)c2c3c(sc2n1)CCC3. The van der Waals surface area contributed by atoms with E-state index in [0.29, 0.717) is 0 Å². The Balaban J connectivity index is 1.65. The van der Waals surface area contributed by atoms with Gasteiger partial charge in [-0.05, 0) is 37.2 Å². The van der Waals surface area contributed by atoms with Gasteiger partial charge in [-0.3, -0.25) is 0 Å². The van der Waals surface area contributed by atoms with E-state index in [-0.39, 0.29) is 0 Å².